The Hall–Kier alpha value is -3.69. The van der Waals surface area contributed by atoms with Crippen molar-refractivity contribution in [2.75, 3.05) is 13.2 Å². The van der Waals surface area contributed by atoms with Crippen LogP contribution in [0.3, 0.4) is 0 Å². The van der Waals surface area contributed by atoms with Crippen molar-refractivity contribution in [3.8, 4) is 5.75 Å². The van der Waals surface area contributed by atoms with Gasteiger partial charge in [-0.2, -0.15) is 0 Å². The van der Waals surface area contributed by atoms with E-state index in [1.54, 1.807) is 82.3 Å². The highest BCUT2D eigenvalue weighted by Gasteiger charge is 2.33. The monoisotopic (exact) mass is 554 g/mol. The number of carbonyl (C=O) groups is 2. The maximum absolute atomic E-state index is 13.8. The predicted octanol–water partition coefficient (Wildman–Crippen LogP) is 3.78. The number of rotatable bonds is 8. The number of carbonyl (C=O) groups excluding carboxylic acids is 2. The van der Waals surface area contributed by atoms with Gasteiger partial charge in [-0.15, -0.1) is 0 Å². The van der Waals surface area contributed by atoms with E-state index in [0.717, 1.165) is 0 Å². The lowest BCUT2D eigenvalue weighted by atomic mass is 9.96. The molecular weight excluding hydrogens is 528 g/mol. The number of thiazole rings is 1. The van der Waals surface area contributed by atoms with Crippen molar-refractivity contribution in [2.45, 2.75) is 39.8 Å². The van der Waals surface area contributed by atoms with E-state index in [4.69, 9.17) is 25.8 Å². The van der Waals surface area contributed by atoms with E-state index in [-0.39, 0.29) is 30.5 Å². The summed E-state index contributed by atoms with van der Waals surface area (Å²) in [5.74, 6) is -0.591. The first kappa shape index (κ1) is 27.3. The van der Waals surface area contributed by atoms with Gasteiger partial charge in [0.2, 0.25) is 0 Å². The fourth-order valence-corrected chi connectivity index (χ4v) is 5.20. The molecule has 0 amide bonds. The van der Waals surface area contributed by atoms with Crippen LogP contribution >= 0.6 is 22.9 Å². The topological polar surface area (TPSA) is 96.2 Å². The van der Waals surface area contributed by atoms with Crippen LogP contribution in [0.5, 0.6) is 5.75 Å². The Bertz CT molecular complexity index is 1570. The number of aromatic nitrogens is 1. The number of hydrogen-bond donors (Lipinski definition) is 0. The number of halogens is 1. The SMILES string of the molecule is CCOC(=O)COc1ccccc1/C=c1\sc2n(c1=O)[C@H](c1ccc(Cl)cc1)C(C(=O)OC(C)C)=C(C)N=2. The van der Waals surface area contributed by atoms with Crippen LogP contribution in [0.2, 0.25) is 5.02 Å². The second-order valence-electron chi connectivity index (χ2n) is 8.72. The largest absolute Gasteiger partial charge is 0.481 e. The minimum Gasteiger partial charge on any atom is -0.481 e. The standard InChI is InChI=1S/C28H27ClN2O6S/c1-5-35-23(32)15-36-21-9-7-6-8-19(21)14-22-26(33)31-25(18-10-12-20(29)13-11-18)24(27(34)37-16(2)3)17(4)30-28(31)38-22/h6-14,16,25H,5,15H2,1-4H3/b22-14-/t25-/m1/s1. The number of fused-ring (bicyclic) bond motifs is 1. The molecule has 1 aromatic heterocycles. The third-order valence-corrected chi connectivity index (χ3v) is 6.86. The quantitative estimate of drug-likeness (QED) is 0.393. The van der Waals surface area contributed by atoms with Gasteiger partial charge in [0.15, 0.2) is 11.4 Å². The van der Waals surface area contributed by atoms with E-state index in [0.29, 0.717) is 36.9 Å². The van der Waals surface area contributed by atoms with Gasteiger partial charge in [-0.1, -0.05) is 53.3 Å². The van der Waals surface area contributed by atoms with E-state index < -0.39 is 18.0 Å². The molecule has 4 rings (SSSR count). The Morgan fingerprint density at radius 2 is 1.87 bits per heavy atom. The van der Waals surface area contributed by atoms with E-state index in [2.05, 4.69) is 4.99 Å². The molecule has 0 bridgehead atoms. The van der Waals surface area contributed by atoms with Crippen LogP contribution in [-0.4, -0.2) is 35.8 Å². The second kappa shape index (κ2) is 11.8. The zero-order valence-electron chi connectivity index (χ0n) is 21.4. The van der Waals surface area contributed by atoms with E-state index in [9.17, 15) is 14.4 Å². The lowest BCUT2D eigenvalue weighted by Crippen LogP contribution is -2.40. The number of esters is 2. The van der Waals surface area contributed by atoms with Crippen LogP contribution in [0.4, 0.5) is 0 Å². The van der Waals surface area contributed by atoms with Crippen LogP contribution in [0.1, 0.15) is 44.9 Å². The first-order valence-electron chi connectivity index (χ1n) is 12.1. The average Bonchev–Trinajstić information content (AvgIpc) is 3.17. The Kier molecular flexibility index (Phi) is 8.48. The van der Waals surface area contributed by atoms with Crippen LogP contribution in [0.15, 0.2) is 69.6 Å². The number of para-hydroxylation sites is 1. The molecule has 8 nitrogen and oxygen atoms in total. The van der Waals surface area contributed by atoms with Gasteiger partial charge in [0, 0.05) is 10.6 Å². The molecule has 0 saturated heterocycles. The summed E-state index contributed by atoms with van der Waals surface area (Å²) in [6.45, 7) is 6.99. The van der Waals surface area contributed by atoms with Gasteiger partial charge in [0.1, 0.15) is 5.75 Å². The van der Waals surface area contributed by atoms with Gasteiger partial charge in [-0.05, 0) is 57.5 Å². The van der Waals surface area contributed by atoms with Crippen molar-refractivity contribution in [3.63, 3.8) is 0 Å². The molecule has 198 valence electrons. The molecule has 10 heteroatoms. The van der Waals surface area contributed by atoms with Crippen molar-refractivity contribution in [1.29, 1.82) is 0 Å². The Labute approximate surface area is 228 Å². The van der Waals surface area contributed by atoms with E-state index in [1.807, 2.05) is 0 Å². The third kappa shape index (κ3) is 5.89. The summed E-state index contributed by atoms with van der Waals surface area (Å²) in [6.07, 6.45) is 1.35. The number of ether oxygens (including phenoxy) is 3. The Balaban J connectivity index is 1.84. The summed E-state index contributed by atoms with van der Waals surface area (Å²) < 4.78 is 18.0. The van der Waals surface area contributed by atoms with Crippen molar-refractivity contribution in [3.05, 3.63) is 95.6 Å². The van der Waals surface area contributed by atoms with Gasteiger partial charge in [-0.25, -0.2) is 14.6 Å². The van der Waals surface area contributed by atoms with Crippen LogP contribution < -0.4 is 19.6 Å². The molecular formula is C28H27ClN2O6S. The summed E-state index contributed by atoms with van der Waals surface area (Å²) in [5, 5.41) is 0.535. The molecule has 0 unspecified atom stereocenters. The van der Waals surface area contributed by atoms with Gasteiger partial charge in [-0.3, -0.25) is 9.36 Å². The molecule has 0 spiro atoms. The summed E-state index contributed by atoms with van der Waals surface area (Å²) >= 11 is 7.32. The molecule has 2 aromatic carbocycles. The number of benzene rings is 2. The lowest BCUT2D eigenvalue weighted by Gasteiger charge is -2.25. The zero-order valence-corrected chi connectivity index (χ0v) is 23.0. The number of allylic oxidation sites excluding steroid dienone is 1. The fourth-order valence-electron chi connectivity index (χ4n) is 4.03. The van der Waals surface area contributed by atoms with Crippen molar-refractivity contribution < 1.29 is 23.8 Å². The average molecular weight is 555 g/mol. The summed E-state index contributed by atoms with van der Waals surface area (Å²) in [4.78, 5) is 43.8. The maximum atomic E-state index is 13.8. The van der Waals surface area contributed by atoms with Gasteiger partial charge in [0.05, 0.1) is 34.6 Å². The van der Waals surface area contributed by atoms with Gasteiger partial charge in [0.25, 0.3) is 5.56 Å². The molecule has 1 atom stereocenters. The molecule has 38 heavy (non-hydrogen) atoms. The molecule has 0 radical (unpaired) electrons. The Morgan fingerprint density at radius 1 is 1.16 bits per heavy atom. The predicted molar refractivity (Wildman–Crippen MR) is 145 cm³/mol. The molecule has 0 N–H and O–H groups in total. The molecule has 2 heterocycles. The van der Waals surface area contributed by atoms with Gasteiger partial charge >= 0.3 is 11.9 Å². The van der Waals surface area contributed by atoms with Crippen LogP contribution in [0, 0.1) is 0 Å². The highest BCUT2D eigenvalue weighted by atomic mass is 35.5. The van der Waals surface area contributed by atoms with Crippen molar-refractivity contribution >= 4 is 41.0 Å². The second-order valence-corrected chi connectivity index (χ2v) is 10.2. The third-order valence-electron chi connectivity index (χ3n) is 5.63. The van der Waals surface area contributed by atoms with E-state index >= 15 is 0 Å². The zero-order chi connectivity index (χ0) is 27.4. The molecule has 0 fully saturated rings. The minimum absolute atomic E-state index is 0.253. The smallest absolute Gasteiger partial charge is 0.344 e. The van der Waals surface area contributed by atoms with Crippen LogP contribution in [0.25, 0.3) is 6.08 Å². The molecule has 0 aliphatic carbocycles. The number of hydrogen-bond acceptors (Lipinski definition) is 8. The summed E-state index contributed by atoms with van der Waals surface area (Å²) in [6, 6.07) is 13.3. The van der Waals surface area contributed by atoms with Crippen molar-refractivity contribution in [2.24, 2.45) is 4.99 Å². The molecule has 1 aliphatic rings. The highest BCUT2D eigenvalue weighted by Crippen LogP contribution is 2.31. The van der Waals surface area contributed by atoms with Crippen molar-refractivity contribution in [1.82, 2.24) is 4.57 Å². The number of nitrogens with zero attached hydrogens (tertiary/aromatic N) is 2. The van der Waals surface area contributed by atoms with Crippen LogP contribution in [-0.2, 0) is 19.1 Å². The lowest BCUT2D eigenvalue weighted by molar-refractivity contribution is -0.145. The maximum Gasteiger partial charge on any atom is 0.344 e. The molecule has 1 aliphatic heterocycles. The molecule has 3 aromatic rings. The normalized spacial score (nSPS) is 15.2. The fraction of sp³-hybridized carbons (Fsp3) is 0.286. The first-order chi connectivity index (χ1) is 18.2. The molecule has 0 saturated carbocycles. The Morgan fingerprint density at radius 3 is 2.55 bits per heavy atom. The highest BCUT2D eigenvalue weighted by molar-refractivity contribution is 7.07. The summed E-state index contributed by atoms with van der Waals surface area (Å²) in [7, 11) is 0. The summed E-state index contributed by atoms with van der Waals surface area (Å²) in [5.41, 5.74) is 1.75. The van der Waals surface area contributed by atoms with E-state index in [1.165, 1.54) is 15.9 Å². The first-order valence-corrected chi connectivity index (χ1v) is 13.3. The minimum atomic E-state index is -0.743. The van der Waals surface area contributed by atoms with Gasteiger partial charge < -0.3 is 14.2 Å².